The van der Waals surface area contributed by atoms with E-state index in [-0.39, 0.29) is 18.0 Å². The van der Waals surface area contributed by atoms with Crippen LogP contribution in [0.1, 0.15) is 23.0 Å². The molecule has 146 valence electrons. The van der Waals surface area contributed by atoms with Gasteiger partial charge in [-0.25, -0.2) is 9.37 Å². The average molecular weight is 409 g/mol. The van der Waals surface area contributed by atoms with Gasteiger partial charge in [0, 0.05) is 12.6 Å². The Balaban J connectivity index is 1.46. The van der Waals surface area contributed by atoms with E-state index in [0.717, 1.165) is 21.3 Å². The Morgan fingerprint density at radius 3 is 2.76 bits per heavy atom. The number of furan rings is 1. The highest BCUT2D eigenvalue weighted by molar-refractivity contribution is 7.21. The second kappa shape index (κ2) is 7.84. The normalized spacial score (nSPS) is 10.8. The van der Waals surface area contributed by atoms with Gasteiger partial charge in [0.1, 0.15) is 11.6 Å². The molecule has 0 aliphatic rings. The van der Waals surface area contributed by atoms with Crippen molar-refractivity contribution in [1.29, 1.82) is 0 Å². The Morgan fingerprint density at radius 2 is 1.97 bits per heavy atom. The van der Waals surface area contributed by atoms with Crippen LogP contribution in [-0.4, -0.2) is 16.8 Å². The third-order valence-electron chi connectivity index (χ3n) is 4.12. The molecule has 0 unspecified atom stereocenters. The van der Waals surface area contributed by atoms with E-state index in [0.29, 0.717) is 17.2 Å². The highest BCUT2D eigenvalue weighted by atomic mass is 32.1. The topological polar surface area (TPSA) is 84.2 Å². The average Bonchev–Trinajstić information content (AvgIpc) is 3.33. The fourth-order valence-electron chi connectivity index (χ4n) is 2.81. The van der Waals surface area contributed by atoms with Crippen LogP contribution in [0.3, 0.4) is 0 Å². The van der Waals surface area contributed by atoms with Gasteiger partial charge in [-0.3, -0.25) is 9.59 Å². The molecule has 6 nitrogen and oxygen atoms in total. The van der Waals surface area contributed by atoms with Gasteiger partial charge >= 0.3 is 0 Å². The molecule has 0 bridgehead atoms. The zero-order valence-electron chi connectivity index (χ0n) is 15.4. The lowest BCUT2D eigenvalue weighted by atomic mass is 10.1. The van der Waals surface area contributed by atoms with Crippen LogP contribution in [0, 0.1) is 5.82 Å². The predicted molar refractivity (Wildman–Crippen MR) is 109 cm³/mol. The number of hydrogen-bond donors (Lipinski definition) is 2. The lowest BCUT2D eigenvalue weighted by molar-refractivity contribution is -0.114. The second-order valence-electron chi connectivity index (χ2n) is 6.31. The lowest BCUT2D eigenvalue weighted by Gasteiger charge is -2.07. The van der Waals surface area contributed by atoms with Crippen LogP contribution in [0.4, 0.5) is 10.1 Å². The number of hydrogen-bond acceptors (Lipinski definition) is 5. The summed E-state index contributed by atoms with van der Waals surface area (Å²) in [7, 11) is 0. The fraction of sp³-hybridized carbons (Fsp3) is 0.0952. The number of thiazole rings is 1. The van der Waals surface area contributed by atoms with Crippen molar-refractivity contribution in [1.82, 2.24) is 10.3 Å². The molecule has 0 saturated heterocycles. The number of amides is 2. The maximum absolute atomic E-state index is 14.0. The Labute approximate surface area is 169 Å². The van der Waals surface area contributed by atoms with Crippen molar-refractivity contribution in [2.45, 2.75) is 13.5 Å². The number of fused-ring (bicyclic) bond motifs is 1. The molecule has 29 heavy (non-hydrogen) atoms. The van der Waals surface area contributed by atoms with Crippen LogP contribution < -0.4 is 10.6 Å². The van der Waals surface area contributed by atoms with Gasteiger partial charge in [-0.1, -0.05) is 12.1 Å². The molecule has 0 fully saturated rings. The summed E-state index contributed by atoms with van der Waals surface area (Å²) in [6.45, 7) is 1.43. The van der Waals surface area contributed by atoms with E-state index in [1.165, 1.54) is 30.4 Å². The molecular formula is C21H16FN3O3S. The van der Waals surface area contributed by atoms with Gasteiger partial charge in [0.25, 0.3) is 5.91 Å². The molecule has 0 radical (unpaired) electrons. The fourth-order valence-corrected chi connectivity index (χ4v) is 3.74. The van der Waals surface area contributed by atoms with E-state index in [4.69, 9.17) is 4.42 Å². The number of nitrogens with one attached hydrogen (secondary N) is 2. The first kappa shape index (κ1) is 18.8. The third kappa shape index (κ3) is 4.17. The number of nitrogens with zero attached hydrogens (tertiary/aromatic N) is 1. The summed E-state index contributed by atoms with van der Waals surface area (Å²) in [5, 5.41) is 5.90. The van der Waals surface area contributed by atoms with Crippen molar-refractivity contribution < 1.29 is 18.4 Å². The first-order chi connectivity index (χ1) is 14.0. The van der Waals surface area contributed by atoms with E-state index in [9.17, 15) is 14.0 Å². The summed E-state index contributed by atoms with van der Waals surface area (Å²) in [6, 6.07) is 15.2. The summed E-state index contributed by atoms with van der Waals surface area (Å²) < 4.78 is 20.8. The first-order valence-corrected chi connectivity index (χ1v) is 9.61. The van der Waals surface area contributed by atoms with Crippen molar-refractivity contribution in [3.8, 4) is 10.8 Å². The van der Waals surface area contributed by atoms with E-state index in [1.54, 1.807) is 12.1 Å². The molecule has 8 heteroatoms. The van der Waals surface area contributed by atoms with Crippen molar-refractivity contribution in [2.24, 2.45) is 0 Å². The van der Waals surface area contributed by atoms with E-state index in [1.807, 2.05) is 24.3 Å². The van der Waals surface area contributed by atoms with Crippen LogP contribution in [0.2, 0.25) is 0 Å². The SMILES string of the molecule is CC(=O)Nc1ccc(F)c(C(=O)NCc2ccc(-c3nc4ccccc4s3)o2)c1. The summed E-state index contributed by atoms with van der Waals surface area (Å²) in [6.07, 6.45) is 0. The number of carbonyl (C=O) groups is 2. The van der Waals surface area contributed by atoms with Crippen molar-refractivity contribution in [2.75, 3.05) is 5.32 Å². The first-order valence-electron chi connectivity index (χ1n) is 8.79. The standard InChI is InChI=1S/C21H16FN3O3S/c1-12(26)24-13-6-8-16(22)15(10-13)20(27)23-11-14-7-9-18(28-14)21-25-17-4-2-3-5-19(17)29-21/h2-10H,11H2,1H3,(H,23,27)(H,24,26). The van der Waals surface area contributed by atoms with Gasteiger partial charge in [0.15, 0.2) is 10.8 Å². The summed E-state index contributed by atoms with van der Waals surface area (Å²) in [5.41, 5.74) is 1.09. The zero-order valence-corrected chi connectivity index (χ0v) is 16.2. The molecule has 0 saturated carbocycles. The van der Waals surface area contributed by atoms with Crippen LogP contribution in [0.5, 0.6) is 0 Å². The molecule has 4 aromatic rings. The quantitative estimate of drug-likeness (QED) is 0.505. The minimum absolute atomic E-state index is 0.0908. The summed E-state index contributed by atoms with van der Waals surface area (Å²) in [5.74, 6) is -0.458. The van der Waals surface area contributed by atoms with E-state index < -0.39 is 11.7 Å². The number of halogens is 1. The number of benzene rings is 2. The highest BCUT2D eigenvalue weighted by Crippen LogP contribution is 2.31. The van der Waals surface area contributed by atoms with Crippen molar-refractivity contribution in [3.63, 3.8) is 0 Å². The van der Waals surface area contributed by atoms with Crippen LogP contribution in [0.15, 0.2) is 59.0 Å². The molecule has 0 aliphatic carbocycles. The molecule has 0 aliphatic heterocycles. The second-order valence-corrected chi connectivity index (χ2v) is 7.34. The molecule has 2 N–H and O–H groups in total. The molecule has 4 rings (SSSR count). The van der Waals surface area contributed by atoms with Gasteiger partial charge in [0.05, 0.1) is 22.3 Å². The smallest absolute Gasteiger partial charge is 0.254 e. The molecule has 2 aromatic carbocycles. The van der Waals surface area contributed by atoms with Crippen LogP contribution in [-0.2, 0) is 11.3 Å². The van der Waals surface area contributed by atoms with Crippen LogP contribution in [0.25, 0.3) is 21.0 Å². The minimum atomic E-state index is -0.675. The summed E-state index contributed by atoms with van der Waals surface area (Å²) >= 11 is 1.52. The molecule has 2 heterocycles. The van der Waals surface area contributed by atoms with Crippen molar-refractivity contribution >= 4 is 39.1 Å². The van der Waals surface area contributed by atoms with Gasteiger partial charge in [0.2, 0.25) is 5.91 Å². The predicted octanol–water partition coefficient (Wildman–Crippen LogP) is 4.58. The lowest BCUT2D eigenvalue weighted by Crippen LogP contribution is -2.24. The van der Waals surface area contributed by atoms with Gasteiger partial charge in [-0.2, -0.15) is 0 Å². The van der Waals surface area contributed by atoms with Gasteiger partial charge in [-0.05, 0) is 42.5 Å². The monoisotopic (exact) mass is 409 g/mol. The summed E-state index contributed by atoms with van der Waals surface area (Å²) in [4.78, 5) is 28.0. The largest absolute Gasteiger partial charge is 0.457 e. The highest BCUT2D eigenvalue weighted by Gasteiger charge is 2.15. The minimum Gasteiger partial charge on any atom is -0.457 e. The molecular weight excluding hydrogens is 393 g/mol. The Bertz CT molecular complexity index is 1180. The molecule has 0 atom stereocenters. The third-order valence-corrected chi connectivity index (χ3v) is 5.17. The van der Waals surface area contributed by atoms with Crippen molar-refractivity contribution in [3.05, 3.63) is 71.7 Å². The maximum Gasteiger partial charge on any atom is 0.254 e. The molecule has 2 aromatic heterocycles. The van der Waals surface area contributed by atoms with Crippen LogP contribution >= 0.6 is 11.3 Å². The van der Waals surface area contributed by atoms with Gasteiger partial charge < -0.3 is 15.1 Å². The molecule has 0 spiro atoms. The Kier molecular flexibility index (Phi) is 5.09. The number of rotatable bonds is 5. The molecule has 2 amide bonds. The number of anilines is 1. The zero-order chi connectivity index (χ0) is 20.4. The maximum atomic E-state index is 14.0. The Morgan fingerprint density at radius 1 is 1.14 bits per heavy atom. The number of para-hydroxylation sites is 1. The number of carbonyl (C=O) groups excluding carboxylic acids is 2. The van der Waals surface area contributed by atoms with Gasteiger partial charge in [-0.15, -0.1) is 11.3 Å². The Hall–Kier alpha value is -3.52. The van der Waals surface area contributed by atoms with E-state index >= 15 is 0 Å². The number of aromatic nitrogens is 1. The van der Waals surface area contributed by atoms with E-state index in [2.05, 4.69) is 15.6 Å².